The Morgan fingerprint density at radius 3 is 2.83 bits per heavy atom. The van der Waals surface area contributed by atoms with Crippen molar-refractivity contribution in [3.05, 3.63) is 29.4 Å². The number of hydrogen-bond donors (Lipinski definition) is 4. The van der Waals surface area contributed by atoms with Gasteiger partial charge in [0.1, 0.15) is 0 Å². The van der Waals surface area contributed by atoms with E-state index in [0.29, 0.717) is 35.3 Å². The summed E-state index contributed by atoms with van der Waals surface area (Å²) in [5, 5.41) is 21.5. The van der Waals surface area contributed by atoms with E-state index in [2.05, 4.69) is 15.3 Å². The van der Waals surface area contributed by atoms with Gasteiger partial charge in [-0.2, -0.15) is 0 Å². The summed E-state index contributed by atoms with van der Waals surface area (Å²) < 4.78 is 0. The molecule has 0 aliphatic carbocycles. The minimum atomic E-state index is -0.231. The lowest BCUT2D eigenvalue weighted by molar-refractivity contribution is -0.116. The summed E-state index contributed by atoms with van der Waals surface area (Å²) in [5.74, 6) is -0.369. The number of carbonyl (C=O) groups excluding carboxylic acids is 2. The van der Waals surface area contributed by atoms with Crippen molar-refractivity contribution in [2.75, 3.05) is 11.9 Å². The van der Waals surface area contributed by atoms with E-state index in [1.807, 2.05) is 6.92 Å². The predicted molar refractivity (Wildman–Crippen MR) is 90.2 cm³/mol. The number of ketones is 1. The SMILES string of the molecule is CCCC(=O)Nc1cc(=N)c2ncc3cc(C(=O)CCO)[nH]c1c32. The number of hydrogen-bond acceptors (Lipinski definition) is 5. The van der Waals surface area contributed by atoms with E-state index in [0.717, 1.165) is 10.8 Å². The molecule has 124 valence electrons. The third-order valence-corrected chi connectivity index (χ3v) is 3.87. The van der Waals surface area contributed by atoms with Crippen molar-refractivity contribution in [3.63, 3.8) is 0 Å². The Morgan fingerprint density at radius 2 is 2.12 bits per heavy atom. The number of nitrogens with one attached hydrogen (secondary N) is 3. The smallest absolute Gasteiger partial charge is 0.224 e. The zero-order valence-corrected chi connectivity index (χ0v) is 13.3. The molecule has 0 fully saturated rings. The Bertz CT molecular complexity index is 977. The lowest BCUT2D eigenvalue weighted by Gasteiger charge is -2.11. The number of pyridine rings is 1. The van der Waals surface area contributed by atoms with Gasteiger partial charge in [0.25, 0.3) is 0 Å². The van der Waals surface area contributed by atoms with E-state index in [1.54, 1.807) is 12.3 Å². The number of aromatic nitrogens is 2. The molecule has 0 aliphatic rings. The molecule has 7 heteroatoms. The second kappa shape index (κ2) is 6.37. The summed E-state index contributed by atoms with van der Waals surface area (Å²) >= 11 is 0. The minimum absolute atomic E-state index is 0.0134. The van der Waals surface area contributed by atoms with Crippen molar-refractivity contribution in [2.45, 2.75) is 26.2 Å². The highest BCUT2D eigenvalue weighted by atomic mass is 16.3. The molecular formula is C17H18N4O3. The number of nitrogens with zero attached hydrogens (tertiary/aromatic N) is 1. The van der Waals surface area contributed by atoms with Crippen LogP contribution in [0.5, 0.6) is 0 Å². The molecule has 2 aromatic heterocycles. The van der Waals surface area contributed by atoms with Crippen LogP contribution in [-0.4, -0.2) is 33.4 Å². The number of amides is 1. The molecular weight excluding hydrogens is 308 g/mol. The van der Waals surface area contributed by atoms with E-state index >= 15 is 0 Å². The summed E-state index contributed by atoms with van der Waals surface area (Å²) in [6.07, 6.45) is 2.72. The highest BCUT2D eigenvalue weighted by Gasteiger charge is 2.16. The number of rotatable bonds is 6. The van der Waals surface area contributed by atoms with E-state index < -0.39 is 0 Å². The molecule has 0 aliphatic heterocycles. The van der Waals surface area contributed by atoms with Gasteiger partial charge in [-0.05, 0) is 18.6 Å². The first-order valence-corrected chi connectivity index (χ1v) is 7.81. The lowest BCUT2D eigenvalue weighted by Crippen LogP contribution is -2.14. The van der Waals surface area contributed by atoms with Crippen molar-refractivity contribution < 1.29 is 14.7 Å². The summed E-state index contributed by atoms with van der Waals surface area (Å²) in [6, 6.07) is 3.20. The average molecular weight is 326 g/mol. The topological polar surface area (TPSA) is 119 Å². The van der Waals surface area contributed by atoms with Gasteiger partial charge in [0.15, 0.2) is 5.78 Å². The second-order valence-electron chi connectivity index (χ2n) is 5.66. The summed E-state index contributed by atoms with van der Waals surface area (Å²) in [4.78, 5) is 31.4. The zero-order valence-electron chi connectivity index (χ0n) is 13.3. The molecule has 0 bridgehead atoms. The fraction of sp³-hybridized carbons (Fsp3) is 0.294. The van der Waals surface area contributed by atoms with Crippen molar-refractivity contribution in [3.8, 4) is 0 Å². The van der Waals surface area contributed by atoms with Crippen molar-refractivity contribution in [1.29, 1.82) is 5.41 Å². The number of Topliss-reactive ketones (excluding diaryl/α,β-unsaturated/α-hetero) is 1. The van der Waals surface area contributed by atoms with Gasteiger partial charge in [0.2, 0.25) is 5.91 Å². The van der Waals surface area contributed by atoms with Gasteiger partial charge in [-0.3, -0.25) is 20.0 Å². The van der Waals surface area contributed by atoms with Crippen LogP contribution in [0.2, 0.25) is 0 Å². The standard InChI is InChI=1S/C17H18N4O3/c1-2-3-14(24)20-12-7-10(18)16-15-9(8-19-16)6-11(21-17(12)15)13(23)4-5-22/h6-8,18,21-22H,2-5H2,1H3,(H,20,24). The van der Waals surface area contributed by atoms with Crippen molar-refractivity contribution in [1.82, 2.24) is 9.97 Å². The average Bonchev–Trinajstić information content (AvgIpc) is 2.97. The molecule has 2 heterocycles. The fourth-order valence-corrected chi connectivity index (χ4v) is 2.78. The van der Waals surface area contributed by atoms with E-state index in [4.69, 9.17) is 10.5 Å². The van der Waals surface area contributed by atoms with Gasteiger partial charge < -0.3 is 15.4 Å². The van der Waals surface area contributed by atoms with E-state index in [9.17, 15) is 9.59 Å². The molecule has 1 aromatic carbocycles. The van der Waals surface area contributed by atoms with E-state index in [1.165, 1.54) is 6.07 Å². The van der Waals surface area contributed by atoms with Gasteiger partial charge in [0, 0.05) is 29.8 Å². The monoisotopic (exact) mass is 326 g/mol. The molecule has 0 atom stereocenters. The zero-order chi connectivity index (χ0) is 17.3. The van der Waals surface area contributed by atoms with Crippen LogP contribution in [-0.2, 0) is 4.79 Å². The Morgan fingerprint density at radius 1 is 1.33 bits per heavy atom. The molecule has 7 nitrogen and oxygen atoms in total. The van der Waals surface area contributed by atoms with Crippen LogP contribution in [0.15, 0.2) is 18.3 Å². The molecule has 0 unspecified atom stereocenters. The normalized spacial score (nSPS) is 11.2. The quantitative estimate of drug-likeness (QED) is 0.517. The van der Waals surface area contributed by atoms with Gasteiger partial charge in [0.05, 0.1) is 34.4 Å². The number of H-pyrrole nitrogens is 1. The number of aliphatic hydroxyl groups is 1. The summed E-state index contributed by atoms with van der Waals surface area (Å²) in [6.45, 7) is 1.68. The summed E-state index contributed by atoms with van der Waals surface area (Å²) in [5.41, 5.74) is 1.89. The Kier molecular flexibility index (Phi) is 4.26. The molecule has 0 radical (unpaired) electrons. The number of anilines is 1. The minimum Gasteiger partial charge on any atom is -0.396 e. The van der Waals surface area contributed by atoms with Gasteiger partial charge in [-0.15, -0.1) is 0 Å². The number of carbonyl (C=O) groups is 2. The maximum Gasteiger partial charge on any atom is 0.224 e. The van der Waals surface area contributed by atoms with Crippen LogP contribution in [0.1, 0.15) is 36.7 Å². The highest BCUT2D eigenvalue weighted by Crippen LogP contribution is 2.29. The second-order valence-corrected chi connectivity index (χ2v) is 5.66. The first kappa shape index (κ1) is 16.1. The molecule has 4 N–H and O–H groups in total. The van der Waals surface area contributed by atoms with Crippen LogP contribution >= 0.6 is 0 Å². The van der Waals surface area contributed by atoms with Crippen LogP contribution in [0.4, 0.5) is 5.69 Å². The Labute approximate surface area is 137 Å². The van der Waals surface area contributed by atoms with Crippen LogP contribution < -0.4 is 10.7 Å². The third kappa shape index (κ3) is 2.74. The van der Waals surface area contributed by atoms with Gasteiger partial charge in [-0.25, -0.2) is 0 Å². The number of aliphatic hydroxyl groups excluding tert-OH is 1. The first-order valence-electron chi connectivity index (χ1n) is 7.81. The Balaban J connectivity index is 2.21. The molecule has 1 amide bonds. The summed E-state index contributed by atoms with van der Waals surface area (Å²) in [7, 11) is 0. The van der Waals surface area contributed by atoms with Gasteiger partial charge in [-0.1, -0.05) is 6.92 Å². The number of benzene rings is 1. The molecule has 0 spiro atoms. The van der Waals surface area contributed by atoms with Crippen molar-refractivity contribution in [2.24, 2.45) is 0 Å². The fourth-order valence-electron chi connectivity index (χ4n) is 2.78. The molecule has 0 saturated carbocycles. The van der Waals surface area contributed by atoms with Gasteiger partial charge >= 0.3 is 0 Å². The Hall–Kier alpha value is -2.80. The maximum absolute atomic E-state index is 12.1. The van der Waals surface area contributed by atoms with E-state index in [-0.39, 0.29) is 30.1 Å². The number of aromatic amines is 1. The predicted octanol–water partition coefficient (Wildman–Crippen LogP) is 1.94. The molecule has 3 rings (SSSR count). The van der Waals surface area contributed by atoms with Crippen molar-refractivity contribution >= 4 is 39.2 Å². The third-order valence-electron chi connectivity index (χ3n) is 3.87. The first-order chi connectivity index (χ1) is 11.5. The maximum atomic E-state index is 12.1. The molecule has 3 aromatic rings. The molecule has 0 saturated heterocycles. The highest BCUT2D eigenvalue weighted by molar-refractivity contribution is 6.15. The molecule has 24 heavy (non-hydrogen) atoms. The van der Waals surface area contributed by atoms with Crippen LogP contribution in [0.3, 0.4) is 0 Å². The lowest BCUT2D eigenvalue weighted by atomic mass is 10.1. The van der Waals surface area contributed by atoms with Crippen LogP contribution in [0.25, 0.3) is 21.8 Å². The largest absolute Gasteiger partial charge is 0.396 e. The van der Waals surface area contributed by atoms with Crippen LogP contribution in [0, 0.1) is 5.41 Å².